The number of pyridine rings is 2. The van der Waals surface area contributed by atoms with Crippen LogP contribution in [0.5, 0.6) is 0 Å². The van der Waals surface area contributed by atoms with E-state index in [9.17, 15) is 4.79 Å². The molecule has 3 aromatic heterocycles. The first-order valence-corrected chi connectivity index (χ1v) is 10.8. The number of nitrogens with one attached hydrogen (secondary N) is 1. The highest BCUT2D eigenvalue weighted by Gasteiger charge is 2.19. The number of carbonyl (C=O) groups is 1. The molecule has 0 spiro atoms. The Morgan fingerprint density at radius 2 is 1.90 bits per heavy atom. The second-order valence-electron chi connectivity index (χ2n) is 8.57. The molecule has 1 fully saturated rings. The van der Waals surface area contributed by atoms with Crippen molar-refractivity contribution in [3.63, 3.8) is 0 Å². The average molecular weight is 407 g/mol. The molecule has 1 amide bonds. The van der Waals surface area contributed by atoms with Crippen molar-refractivity contribution in [2.45, 2.75) is 59.0 Å². The summed E-state index contributed by atoms with van der Waals surface area (Å²) in [5.41, 5.74) is 3.26. The van der Waals surface area contributed by atoms with Gasteiger partial charge in [0.05, 0.1) is 17.1 Å². The van der Waals surface area contributed by atoms with Crippen LogP contribution in [0, 0.1) is 0 Å². The van der Waals surface area contributed by atoms with Crippen LogP contribution in [0.3, 0.4) is 0 Å². The van der Waals surface area contributed by atoms with E-state index < -0.39 is 0 Å². The third kappa shape index (κ3) is 4.01. The first kappa shape index (κ1) is 20.3. The van der Waals surface area contributed by atoms with E-state index in [2.05, 4.69) is 48.0 Å². The quantitative estimate of drug-likeness (QED) is 0.668. The van der Waals surface area contributed by atoms with Crippen LogP contribution in [0.25, 0.3) is 11.0 Å². The molecule has 4 heterocycles. The molecule has 0 aromatic carbocycles. The lowest BCUT2D eigenvalue weighted by atomic mass is 10.0. The zero-order valence-electron chi connectivity index (χ0n) is 18.2. The standard InChI is InChI=1S/C23H30N6O/c1-15(2)20-11-18(19-14-26-29(16(3)4)22(19)27-20)23(30)25-13-17-7-8-21(24-12-17)28-9-5-6-10-28/h7-8,11-12,14-16H,5-6,9-10,13H2,1-4H3,(H,25,30). The van der Waals surface area contributed by atoms with Gasteiger partial charge in [0, 0.05) is 37.6 Å². The Labute approximate surface area is 177 Å². The van der Waals surface area contributed by atoms with Crippen molar-refractivity contribution < 1.29 is 4.79 Å². The van der Waals surface area contributed by atoms with Gasteiger partial charge in [0.25, 0.3) is 5.91 Å². The topological polar surface area (TPSA) is 75.9 Å². The Balaban J connectivity index is 1.54. The number of carbonyl (C=O) groups excluding carboxylic acids is 1. The molecule has 7 nitrogen and oxygen atoms in total. The van der Waals surface area contributed by atoms with E-state index >= 15 is 0 Å². The molecule has 1 N–H and O–H groups in total. The molecule has 0 unspecified atom stereocenters. The van der Waals surface area contributed by atoms with E-state index in [1.807, 2.05) is 29.1 Å². The second-order valence-corrected chi connectivity index (χ2v) is 8.57. The van der Waals surface area contributed by atoms with Crippen LogP contribution >= 0.6 is 0 Å². The van der Waals surface area contributed by atoms with Crippen molar-refractivity contribution in [2.24, 2.45) is 0 Å². The molecular formula is C23H30N6O. The van der Waals surface area contributed by atoms with Crippen LogP contribution in [-0.4, -0.2) is 38.7 Å². The second kappa shape index (κ2) is 8.42. The molecular weight excluding hydrogens is 376 g/mol. The molecule has 1 aliphatic heterocycles. The van der Waals surface area contributed by atoms with Gasteiger partial charge in [-0.1, -0.05) is 19.9 Å². The third-order valence-corrected chi connectivity index (χ3v) is 5.60. The average Bonchev–Trinajstić information content (AvgIpc) is 3.41. The molecule has 30 heavy (non-hydrogen) atoms. The molecule has 1 saturated heterocycles. The highest BCUT2D eigenvalue weighted by molar-refractivity contribution is 6.05. The summed E-state index contributed by atoms with van der Waals surface area (Å²) in [6.07, 6.45) is 6.05. The largest absolute Gasteiger partial charge is 0.357 e. The fourth-order valence-corrected chi connectivity index (χ4v) is 3.83. The lowest BCUT2D eigenvalue weighted by molar-refractivity contribution is 0.0952. The molecule has 1 aliphatic rings. The molecule has 0 atom stereocenters. The SMILES string of the molecule is CC(C)c1cc(C(=O)NCc2ccc(N3CCCC3)nc2)c2cnn(C(C)C)c2n1. The fraction of sp³-hybridized carbons (Fsp3) is 0.478. The lowest BCUT2D eigenvalue weighted by Crippen LogP contribution is -2.24. The highest BCUT2D eigenvalue weighted by atomic mass is 16.1. The summed E-state index contributed by atoms with van der Waals surface area (Å²) in [6, 6.07) is 6.15. The lowest BCUT2D eigenvalue weighted by Gasteiger charge is -2.16. The third-order valence-electron chi connectivity index (χ3n) is 5.60. The number of aromatic nitrogens is 4. The molecule has 0 radical (unpaired) electrons. The van der Waals surface area contributed by atoms with Crippen molar-refractivity contribution in [1.29, 1.82) is 0 Å². The number of hydrogen-bond donors (Lipinski definition) is 1. The van der Waals surface area contributed by atoms with Crippen LogP contribution in [0.15, 0.2) is 30.6 Å². The van der Waals surface area contributed by atoms with Crippen LogP contribution < -0.4 is 10.2 Å². The van der Waals surface area contributed by atoms with Gasteiger partial charge in [-0.3, -0.25) is 4.79 Å². The summed E-state index contributed by atoms with van der Waals surface area (Å²) < 4.78 is 1.87. The Kier molecular flexibility index (Phi) is 5.70. The molecule has 0 aliphatic carbocycles. The van der Waals surface area contributed by atoms with Crippen LogP contribution in [0.1, 0.15) is 74.1 Å². The summed E-state index contributed by atoms with van der Waals surface area (Å²) >= 11 is 0. The van der Waals surface area contributed by atoms with Crippen LogP contribution in [0.2, 0.25) is 0 Å². The van der Waals surface area contributed by atoms with E-state index in [0.29, 0.717) is 12.1 Å². The van der Waals surface area contributed by atoms with E-state index in [4.69, 9.17) is 4.98 Å². The first-order chi connectivity index (χ1) is 14.4. The first-order valence-electron chi connectivity index (χ1n) is 10.8. The summed E-state index contributed by atoms with van der Waals surface area (Å²) in [4.78, 5) is 24.7. The normalized spacial score (nSPS) is 14.3. The minimum atomic E-state index is -0.115. The van der Waals surface area contributed by atoms with Crippen LogP contribution in [0.4, 0.5) is 5.82 Å². The van der Waals surface area contributed by atoms with Crippen molar-refractivity contribution in [3.05, 3.63) is 47.4 Å². The van der Waals surface area contributed by atoms with Crippen LogP contribution in [-0.2, 0) is 6.54 Å². The van der Waals surface area contributed by atoms with Crippen molar-refractivity contribution in [1.82, 2.24) is 25.1 Å². The number of anilines is 1. The van der Waals surface area contributed by atoms with Gasteiger partial charge >= 0.3 is 0 Å². The highest BCUT2D eigenvalue weighted by Crippen LogP contribution is 2.24. The summed E-state index contributed by atoms with van der Waals surface area (Å²) in [5.74, 6) is 1.12. The van der Waals surface area contributed by atoms with Gasteiger partial charge in [-0.05, 0) is 50.3 Å². The van der Waals surface area contributed by atoms with Crippen molar-refractivity contribution in [3.8, 4) is 0 Å². The number of fused-ring (bicyclic) bond motifs is 1. The van der Waals surface area contributed by atoms with Gasteiger partial charge in [-0.2, -0.15) is 5.10 Å². The molecule has 0 bridgehead atoms. The number of amides is 1. The Bertz CT molecular complexity index is 1030. The Morgan fingerprint density at radius 1 is 1.13 bits per heavy atom. The summed E-state index contributed by atoms with van der Waals surface area (Å²) in [7, 11) is 0. The molecule has 3 aromatic rings. The molecule has 4 rings (SSSR count). The van der Waals surface area contributed by atoms with Gasteiger partial charge in [-0.25, -0.2) is 14.6 Å². The Morgan fingerprint density at radius 3 is 2.53 bits per heavy atom. The summed E-state index contributed by atoms with van der Waals surface area (Å²) in [6.45, 7) is 10.9. The van der Waals surface area contributed by atoms with Crippen molar-refractivity contribution >= 4 is 22.8 Å². The van der Waals surface area contributed by atoms with E-state index in [0.717, 1.165) is 41.2 Å². The zero-order valence-corrected chi connectivity index (χ0v) is 18.2. The molecule has 158 valence electrons. The van der Waals surface area contributed by atoms with Gasteiger partial charge in [0.1, 0.15) is 5.82 Å². The van der Waals surface area contributed by atoms with Gasteiger partial charge in [0.2, 0.25) is 0 Å². The monoisotopic (exact) mass is 406 g/mol. The summed E-state index contributed by atoms with van der Waals surface area (Å²) in [5, 5.41) is 8.29. The molecule has 0 saturated carbocycles. The predicted octanol–water partition coefficient (Wildman–Crippen LogP) is 4.06. The van der Waals surface area contributed by atoms with E-state index in [-0.39, 0.29) is 17.9 Å². The van der Waals surface area contributed by atoms with Gasteiger partial charge in [0.15, 0.2) is 5.65 Å². The number of rotatable bonds is 6. The van der Waals surface area contributed by atoms with Gasteiger partial charge < -0.3 is 10.2 Å². The number of hydrogen-bond acceptors (Lipinski definition) is 5. The maximum atomic E-state index is 13.1. The predicted molar refractivity (Wildman–Crippen MR) is 119 cm³/mol. The maximum absolute atomic E-state index is 13.1. The molecule has 7 heteroatoms. The minimum absolute atomic E-state index is 0.115. The van der Waals surface area contributed by atoms with Gasteiger partial charge in [-0.15, -0.1) is 0 Å². The van der Waals surface area contributed by atoms with E-state index in [1.165, 1.54) is 12.8 Å². The van der Waals surface area contributed by atoms with E-state index in [1.54, 1.807) is 6.20 Å². The smallest absolute Gasteiger partial charge is 0.252 e. The fourth-order valence-electron chi connectivity index (χ4n) is 3.83. The maximum Gasteiger partial charge on any atom is 0.252 e. The minimum Gasteiger partial charge on any atom is -0.357 e. The van der Waals surface area contributed by atoms with Crippen molar-refractivity contribution in [2.75, 3.05) is 18.0 Å². The zero-order chi connectivity index (χ0) is 21.3. The Hall–Kier alpha value is -2.96. The number of nitrogens with zero attached hydrogens (tertiary/aromatic N) is 5.